The fourth-order valence-electron chi connectivity index (χ4n) is 4.05. The summed E-state index contributed by atoms with van der Waals surface area (Å²) in [7, 11) is 0. The minimum atomic E-state index is -0.714. The van der Waals surface area contributed by atoms with E-state index in [1.807, 2.05) is 44.2 Å². The van der Waals surface area contributed by atoms with Crippen molar-refractivity contribution in [3.05, 3.63) is 87.0 Å². The van der Waals surface area contributed by atoms with E-state index >= 15 is 0 Å². The van der Waals surface area contributed by atoms with Crippen molar-refractivity contribution in [1.29, 1.82) is 0 Å². The molecule has 0 fully saturated rings. The van der Waals surface area contributed by atoms with Crippen molar-refractivity contribution < 1.29 is 18.5 Å². The van der Waals surface area contributed by atoms with Crippen LogP contribution in [0.1, 0.15) is 46.0 Å². The van der Waals surface area contributed by atoms with Gasteiger partial charge in [0.05, 0.1) is 23.6 Å². The number of carbonyl (C=O) groups excluding carboxylic acids is 1. The number of amides is 1. The van der Waals surface area contributed by atoms with E-state index in [-0.39, 0.29) is 16.8 Å². The van der Waals surface area contributed by atoms with E-state index in [2.05, 4.69) is 5.16 Å². The predicted molar refractivity (Wildman–Crippen MR) is 115 cm³/mol. The zero-order chi connectivity index (χ0) is 21.7. The van der Waals surface area contributed by atoms with E-state index in [4.69, 9.17) is 13.7 Å². The molecule has 0 bridgehead atoms. The SMILES string of the molecule is CCOc1cccc([C@H]2c3c(oc4ccc(C)cc4c3=O)C(=O)N2c2cc(C)on2)c1. The smallest absolute Gasteiger partial charge is 0.296 e. The van der Waals surface area contributed by atoms with Gasteiger partial charge in [-0.2, -0.15) is 0 Å². The average molecular weight is 416 g/mol. The molecule has 1 aliphatic heterocycles. The maximum Gasteiger partial charge on any atom is 0.296 e. The van der Waals surface area contributed by atoms with Crippen LogP contribution < -0.4 is 15.1 Å². The van der Waals surface area contributed by atoms with Gasteiger partial charge in [-0.25, -0.2) is 0 Å². The highest BCUT2D eigenvalue weighted by Gasteiger charge is 2.45. The summed E-state index contributed by atoms with van der Waals surface area (Å²) >= 11 is 0. The third kappa shape index (κ3) is 3.01. The van der Waals surface area contributed by atoms with Gasteiger partial charge in [0, 0.05) is 6.07 Å². The van der Waals surface area contributed by atoms with Crippen LogP contribution in [0.25, 0.3) is 11.0 Å². The Morgan fingerprint density at radius 1 is 1.10 bits per heavy atom. The van der Waals surface area contributed by atoms with Crippen molar-refractivity contribution in [2.24, 2.45) is 0 Å². The molecule has 2 aromatic carbocycles. The maximum atomic E-state index is 13.6. The molecule has 1 aliphatic rings. The van der Waals surface area contributed by atoms with Crippen molar-refractivity contribution >= 4 is 22.7 Å². The summed E-state index contributed by atoms with van der Waals surface area (Å²) in [4.78, 5) is 28.5. The Labute approximate surface area is 177 Å². The molecule has 31 heavy (non-hydrogen) atoms. The zero-order valence-corrected chi connectivity index (χ0v) is 17.3. The first-order valence-electron chi connectivity index (χ1n) is 10.0. The summed E-state index contributed by atoms with van der Waals surface area (Å²) in [6.45, 7) is 6.05. The van der Waals surface area contributed by atoms with Crippen molar-refractivity contribution in [2.75, 3.05) is 11.5 Å². The van der Waals surface area contributed by atoms with E-state index in [1.54, 1.807) is 25.1 Å². The van der Waals surface area contributed by atoms with E-state index in [0.29, 0.717) is 34.9 Å². The lowest BCUT2D eigenvalue weighted by atomic mass is 9.98. The highest BCUT2D eigenvalue weighted by Crippen LogP contribution is 2.41. The summed E-state index contributed by atoms with van der Waals surface area (Å²) < 4.78 is 16.8. The van der Waals surface area contributed by atoms with Gasteiger partial charge in [-0.05, 0) is 50.6 Å². The second-order valence-electron chi connectivity index (χ2n) is 7.55. The molecular formula is C24H20N2O5. The number of hydrogen-bond acceptors (Lipinski definition) is 6. The van der Waals surface area contributed by atoms with E-state index in [1.165, 1.54) is 4.90 Å². The van der Waals surface area contributed by atoms with E-state index in [9.17, 15) is 9.59 Å². The molecule has 0 aliphatic carbocycles. The first kappa shape index (κ1) is 19.1. The monoisotopic (exact) mass is 416 g/mol. The van der Waals surface area contributed by atoms with Crippen molar-refractivity contribution in [2.45, 2.75) is 26.8 Å². The standard InChI is InChI=1S/C24H20N2O5/c1-4-29-16-7-5-6-15(12-16)21-20-22(27)17-10-13(2)8-9-18(17)30-23(20)24(28)26(21)19-11-14(3)31-25-19/h5-12,21H,4H2,1-3H3/t21-/m0/s1. The van der Waals surface area contributed by atoms with Crippen LogP contribution in [0.2, 0.25) is 0 Å². The number of carbonyl (C=O) groups is 1. The second kappa shape index (κ2) is 7.12. The van der Waals surface area contributed by atoms with Gasteiger partial charge in [-0.1, -0.05) is 28.9 Å². The first-order chi connectivity index (χ1) is 15.0. The largest absolute Gasteiger partial charge is 0.494 e. The Balaban J connectivity index is 1.80. The minimum absolute atomic E-state index is 0.0221. The number of rotatable bonds is 4. The quantitative estimate of drug-likeness (QED) is 0.485. The number of fused-ring (bicyclic) bond motifs is 2. The molecule has 3 heterocycles. The van der Waals surface area contributed by atoms with Crippen LogP contribution in [-0.2, 0) is 0 Å². The Morgan fingerprint density at radius 2 is 1.94 bits per heavy atom. The molecule has 0 saturated heterocycles. The number of nitrogens with zero attached hydrogens (tertiary/aromatic N) is 2. The third-order valence-electron chi connectivity index (χ3n) is 5.37. The van der Waals surface area contributed by atoms with Crippen LogP contribution in [0.15, 0.2) is 62.3 Å². The molecular weight excluding hydrogens is 396 g/mol. The lowest BCUT2D eigenvalue weighted by Gasteiger charge is -2.22. The van der Waals surface area contributed by atoms with Crippen LogP contribution in [0, 0.1) is 13.8 Å². The zero-order valence-electron chi connectivity index (χ0n) is 17.3. The number of aromatic nitrogens is 1. The molecule has 0 N–H and O–H groups in total. The fourth-order valence-corrected chi connectivity index (χ4v) is 4.05. The van der Waals surface area contributed by atoms with E-state index < -0.39 is 11.9 Å². The third-order valence-corrected chi connectivity index (χ3v) is 5.37. The highest BCUT2D eigenvalue weighted by molar-refractivity contribution is 6.10. The fraction of sp³-hybridized carbons (Fsp3) is 0.208. The highest BCUT2D eigenvalue weighted by atomic mass is 16.5. The summed E-state index contributed by atoms with van der Waals surface area (Å²) in [6, 6.07) is 13.6. The Hall–Kier alpha value is -3.87. The lowest BCUT2D eigenvalue weighted by molar-refractivity contribution is 0.0969. The Bertz CT molecular complexity index is 1380. The summed E-state index contributed by atoms with van der Waals surface area (Å²) in [5.41, 5.74) is 2.09. The van der Waals surface area contributed by atoms with Crippen LogP contribution in [0.4, 0.5) is 5.82 Å². The molecule has 0 saturated carbocycles. The number of benzene rings is 2. The summed E-state index contributed by atoms with van der Waals surface area (Å²) in [6.07, 6.45) is 0. The van der Waals surface area contributed by atoms with Crippen LogP contribution in [-0.4, -0.2) is 17.7 Å². The molecule has 0 unspecified atom stereocenters. The number of ether oxygens (including phenoxy) is 1. The van der Waals surface area contributed by atoms with Crippen molar-refractivity contribution in [3.63, 3.8) is 0 Å². The number of anilines is 1. The van der Waals surface area contributed by atoms with E-state index in [0.717, 1.165) is 11.1 Å². The minimum Gasteiger partial charge on any atom is -0.494 e. The molecule has 7 heteroatoms. The normalized spacial score (nSPS) is 15.5. The molecule has 0 radical (unpaired) electrons. The second-order valence-corrected chi connectivity index (χ2v) is 7.55. The topological polar surface area (TPSA) is 85.8 Å². The van der Waals surface area contributed by atoms with Crippen LogP contribution >= 0.6 is 0 Å². The maximum absolute atomic E-state index is 13.6. The molecule has 5 rings (SSSR count). The molecule has 7 nitrogen and oxygen atoms in total. The predicted octanol–water partition coefficient (Wildman–Crippen LogP) is 4.55. The van der Waals surface area contributed by atoms with Crippen LogP contribution in [0.5, 0.6) is 5.75 Å². The van der Waals surface area contributed by atoms with Gasteiger partial charge in [-0.3, -0.25) is 14.5 Å². The van der Waals surface area contributed by atoms with Gasteiger partial charge in [0.2, 0.25) is 5.76 Å². The van der Waals surface area contributed by atoms with Gasteiger partial charge < -0.3 is 13.7 Å². The molecule has 1 amide bonds. The summed E-state index contributed by atoms with van der Waals surface area (Å²) in [5.74, 6) is 1.11. The van der Waals surface area contributed by atoms with Gasteiger partial charge in [0.1, 0.15) is 17.1 Å². The lowest BCUT2D eigenvalue weighted by Crippen LogP contribution is -2.29. The van der Waals surface area contributed by atoms with Crippen LogP contribution in [0.3, 0.4) is 0 Å². The number of aryl methyl sites for hydroxylation is 2. The number of hydrogen-bond donors (Lipinski definition) is 0. The Morgan fingerprint density at radius 3 is 2.68 bits per heavy atom. The van der Waals surface area contributed by atoms with Crippen molar-refractivity contribution in [3.8, 4) is 5.75 Å². The van der Waals surface area contributed by atoms with Gasteiger partial charge in [-0.15, -0.1) is 0 Å². The van der Waals surface area contributed by atoms with Gasteiger partial charge in [0.25, 0.3) is 5.91 Å². The molecule has 4 aromatic rings. The van der Waals surface area contributed by atoms with Gasteiger partial charge in [0.15, 0.2) is 11.2 Å². The molecule has 2 aromatic heterocycles. The average Bonchev–Trinajstić information content (AvgIpc) is 3.30. The first-order valence-corrected chi connectivity index (χ1v) is 10.0. The summed E-state index contributed by atoms with van der Waals surface area (Å²) in [5, 5.41) is 4.47. The van der Waals surface area contributed by atoms with Crippen molar-refractivity contribution in [1.82, 2.24) is 5.16 Å². The molecule has 0 spiro atoms. The van der Waals surface area contributed by atoms with Gasteiger partial charge >= 0.3 is 0 Å². The Kier molecular flexibility index (Phi) is 4.39. The molecule has 156 valence electrons. The molecule has 1 atom stereocenters.